The Morgan fingerprint density at radius 3 is 1.57 bits per heavy atom. The van der Waals surface area contributed by atoms with Crippen molar-refractivity contribution in [3.05, 3.63) is 138 Å². The number of aryl methyl sites for hydroxylation is 5. The molecular weight excluding hydrogens is 1580 g/mol. The van der Waals surface area contributed by atoms with Crippen LogP contribution in [0, 0.1) is 5.92 Å². The summed E-state index contributed by atoms with van der Waals surface area (Å²) in [7, 11) is 10.0. The van der Waals surface area contributed by atoms with Gasteiger partial charge in [0.15, 0.2) is 17.5 Å². The molecular formula is C82H109N23O17. The Kier molecular flexibility index (Phi) is 34.8. The number of aliphatic hydroxyl groups excluding tert-OH is 1. The van der Waals surface area contributed by atoms with Crippen LogP contribution in [-0.4, -0.2) is 248 Å². The highest BCUT2D eigenvalue weighted by Crippen LogP contribution is 2.46. The third-order valence-electron chi connectivity index (χ3n) is 19.8. The first-order valence-electron chi connectivity index (χ1n) is 40.4. The second-order valence-electron chi connectivity index (χ2n) is 29.4. The monoisotopic (exact) mass is 1690 g/mol. The van der Waals surface area contributed by atoms with Crippen LogP contribution >= 0.6 is 0 Å². The molecule has 654 valence electrons. The first kappa shape index (κ1) is 91.7. The number of imidazole rings is 3. The average molecular weight is 1690 g/mol. The van der Waals surface area contributed by atoms with Gasteiger partial charge in [0, 0.05) is 175 Å². The summed E-state index contributed by atoms with van der Waals surface area (Å²) in [4.78, 5) is 169. The van der Waals surface area contributed by atoms with Gasteiger partial charge in [-0.3, -0.25) is 58.1 Å². The van der Waals surface area contributed by atoms with Crippen LogP contribution < -0.4 is 63.0 Å². The Bertz CT molecular complexity index is 4910. The Balaban J connectivity index is 0.480. The van der Waals surface area contributed by atoms with Crippen molar-refractivity contribution in [3.8, 4) is 11.1 Å². The van der Waals surface area contributed by atoms with Crippen LogP contribution in [0.2, 0.25) is 0 Å². The summed E-state index contributed by atoms with van der Waals surface area (Å²) in [5.74, 6) is -3.02. The van der Waals surface area contributed by atoms with Crippen LogP contribution in [0.1, 0.15) is 125 Å². The number of benzene rings is 2. The molecule has 7 heterocycles. The number of fused-ring (bicyclic) bond motifs is 1. The summed E-state index contributed by atoms with van der Waals surface area (Å²) in [6, 6.07) is 16.9. The van der Waals surface area contributed by atoms with Gasteiger partial charge in [0.2, 0.25) is 58.9 Å². The number of ether oxygens (including phenoxy) is 5. The summed E-state index contributed by atoms with van der Waals surface area (Å²) in [6.45, 7) is 8.36. The van der Waals surface area contributed by atoms with E-state index >= 15 is 0 Å². The molecule has 0 spiro atoms. The fourth-order valence-corrected chi connectivity index (χ4v) is 13.3. The minimum Gasteiger partial charge on any atom is -0.392 e. The maximum Gasteiger partial charge on any atom is 0.291 e. The van der Waals surface area contributed by atoms with Gasteiger partial charge in [-0.05, 0) is 86.6 Å². The highest BCUT2D eigenvalue weighted by atomic mass is 16.6. The lowest BCUT2D eigenvalue weighted by atomic mass is 9.98. The van der Waals surface area contributed by atoms with Crippen LogP contribution in [-0.2, 0) is 106 Å². The molecule has 1 saturated carbocycles. The van der Waals surface area contributed by atoms with E-state index in [9.17, 15) is 57.8 Å². The molecule has 1 atom stereocenters. The Morgan fingerprint density at radius 2 is 0.992 bits per heavy atom. The number of amides is 11. The molecule has 0 saturated heterocycles. The van der Waals surface area contributed by atoms with Crippen LogP contribution in [0.5, 0.6) is 0 Å². The van der Waals surface area contributed by atoms with E-state index in [1.165, 1.54) is 44.6 Å². The van der Waals surface area contributed by atoms with Gasteiger partial charge in [0.1, 0.15) is 11.5 Å². The number of aromatic nitrogens is 10. The second-order valence-corrected chi connectivity index (χ2v) is 29.4. The third-order valence-corrected chi connectivity index (χ3v) is 19.8. The first-order valence-corrected chi connectivity index (χ1v) is 40.4. The molecule has 1 aliphatic carbocycles. The van der Waals surface area contributed by atoms with Crippen LogP contribution in [0.15, 0.2) is 104 Å². The van der Waals surface area contributed by atoms with Crippen molar-refractivity contribution in [2.75, 3.05) is 161 Å². The van der Waals surface area contributed by atoms with Crippen molar-refractivity contribution in [3.63, 3.8) is 0 Å². The quantitative estimate of drug-likeness (QED) is 0.0241. The molecule has 40 heteroatoms. The van der Waals surface area contributed by atoms with Crippen LogP contribution in [0.25, 0.3) is 11.1 Å². The highest BCUT2D eigenvalue weighted by Gasteiger charge is 2.43. The number of hydrogen-bond donors (Lipinski definition) is 11. The molecule has 0 unspecified atom stereocenters. The molecule has 2 aliphatic rings. The lowest BCUT2D eigenvalue weighted by Crippen LogP contribution is -2.52. The van der Waals surface area contributed by atoms with Crippen molar-refractivity contribution in [2.24, 2.45) is 41.2 Å². The van der Waals surface area contributed by atoms with Gasteiger partial charge in [-0.1, -0.05) is 30.3 Å². The summed E-state index contributed by atoms with van der Waals surface area (Å²) >= 11 is 0. The van der Waals surface area contributed by atoms with E-state index in [1.807, 2.05) is 48.3 Å². The van der Waals surface area contributed by atoms with Gasteiger partial charge in [0.05, 0.1) is 108 Å². The normalized spacial score (nSPS) is 13.0. The third kappa shape index (κ3) is 28.3. The van der Waals surface area contributed by atoms with Crippen molar-refractivity contribution in [1.29, 1.82) is 0 Å². The fourth-order valence-electron chi connectivity index (χ4n) is 13.3. The topological polar surface area (TPSA) is 473 Å². The van der Waals surface area contributed by atoms with E-state index in [2.05, 4.69) is 94.0 Å². The van der Waals surface area contributed by atoms with Gasteiger partial charge in [-0.2, -0.15) is 0 Å². The number of nitrogens with one attached hydrogen (secondary N) is 10. The summed E-state index contributed by atoms with van der Waals surface area (Å²) < 4.78 is 35.3. The van der Waals surface area contributed by atoms with E-state index < -0.39 is 41.4 Å². The summed E-state index contributed by atoms with van der Waals surface area (Å²) in [5.41, 5.74) is 6.12. The largest absolute Gasteiger partial charge is 0.392 e. The van der Waals surface area contributed by atoms with Crippen molar-refractivity contribution < 1.29 is 81.5 Å². The molecule has 10 rings (SSSR count). The minimum atomic E-state index is -0.649. The number of carbonyl (C=O) groups excluding carboxylic acids is 11. The van der Waals surface area contributed by atoms with E-state index in [0.717, 1.165) is 59.4 Å². The number of rotatable bonds is 50. The molecule has 8 aromatic rings. The zero-order valence-corrected chi connectivity index (χ0v) is 69.8. The fraction of sp³-hybridized carbons (Fsp3) is 0.463. The molecule has 0 bridgehead atoms. The van der Waals surface area contributed by atoms with Crippen molar-refractivity contribution >= 4 is 111 Å². The Morgan fingerprint density at radius 1 is 0.475 bits per heavy atom. The molecule has 0 radical (unpaired) electrons. The maximum atomic E-state index is 13.3. The molecule has 2 aromatic carbocycles. The molecule has 11 amide bonds. The minimum absolute atomic E-state index is 0.00648. The van der Waals surface area contributed by atoms with Crippen molar-refractivity contribution in [2.45, 2.75) is 90.3 Å². The Hall–Kier alpha value is -12.6. The van der Waals surface area contributed by atoms with E-state index in [4.69, 9.17) is 23.7 Å². The number of hydrogen-bond acceptors (Lipinski definition) is 24. The van der Waals surface area contributed by atoms with E-state index in [0.29, 0.717) is 109 Å². The second kappa shape index (κ2) is 46.3. The molecule has 6 aromatic heterocycles. The van der Waals surface area contributed by atoms with E-state index in [-0.39, 0.29) is 148 Å². The predicted molar refractivity (Wildman–Crippen MR) is 451 cm³/mol. The number of aliphatic hydroxyl groups is 1. The molecule has 122 heavy (non-hydrogen) atoms. The summed E-state index contributed by atoms with van der Waals surface area (Å²) in [6.07, 6.45) is 15.9. The van der Waals surface area contributed by atoms with Gasteiger partial charge < -0.3 is 114 Å². The molecule has 1 fully saturated rings. The highest BCUT2D eigenvalue weighted by molar-refractivity contribution is 6.05. The van der Waals surface area contributed by atoms with Gasteiger partial charge >= 0.3 is 0 Å². The average Bonchev–Trinajstić information content (AvgIpc) is 1.38. The van der Waals surface area contributed by atoms with E-state index in [1.54, 1.807) is 82.2 Å². The number of nitrogens with zero attached hydrogens (tertiary/aromatic N) is 13. The molecule has 40 nitrogen and oxygen atoms in total. The maximum absolute atomic E-state index is 13.3. The van der Waals surface area contributed by atoms with Gasteiger partial charge in [0.25, 0.3) is 23.6 Å². The van der Waals surface area contributed by atoms with Crippen LogP contribution in [0.3, 0.4) is 0 Å². The van der Waals surface area contributed by atoms with Gasteiger partial charge in [-0.25, -0.2) is 24.9 Å². The zero-order valence-electron chi connectivity index (χ0n) is 69.8. The Labute approximate surface area is 705 Å². The number of anilines is 8. The number of carbonyl (C=O) groups is 11. The molecule has 1 aliphatic heterocycles. The van der Waals surface area contributed by atoms with Gasteiger partial charge in [-0.15, -0.1) is 0 Å². The van der Waals surface area contributed by atoms with Crippen LogP contribution in [0.4, 0.5) is 46.2 Å². The lowest BCUT2D eigenvalue weighted by molar-refractivity contribution is -0.122. The SMILES string of the molecule is CC(=O)N1c2ccc(-c3cnc(NC(=O)CCOCCOCCOCCOCCOCCC(=O)NCCCN(C)CCCNC(=O)CCNC(=O)c4nc(NC(=O)CCNC(=O)c5cc(NC(=O)c6nc(NC(=O)CCC(=O)Nc7cc(NC(=O)c8nccn8C)cn7C)cn6C)cn5C)cn4C)nc3)cc2N(Cc2ccccc2CO)C[C@@H]1C1CC1. The first-order chi connectivity index (χ1) is 58.9. The smallest absolute Gasteiger partial charge is 0.291 e. The lowest BCUT2D eigenvalue weighted by Gasteiger charge is -2.44. The predicted octanol–water partition coefficient (Wildman–Crippen LogP) is 3.85. The molecule has 11 N–H and O–H groups in total. The standard InChI is InChI=1S/C82H109N23O17/c1-54(107)105-62-17-16-56(42-63(62)104(50-65(105)55-14-15-55)47-57-12-8-9-13-58(57)53-106)59-45-88-82(89-46-59)97-74(113)23-33-119-35-37-121-39-41-122-40-38-120-36-34-118-32-22-70(109)84-25-11-30-98(2)29-10-24-83-69(108)20-26-87-79(115)76-94-67(51-102(76)6)93-73(112)21-27-86-78(114)64-43-60(48-100(64)4)90-81(117)77-95-66(52-103(77)7)92-71(110)18-19-72(111)96-68-44-61(49-101(68)5)91-80(116)75-85-28-31-99(75)3/h8-9,12-13,16-17,28,31,42-46,48-49,51-52,55,65,106H,10-11,14-15,18-27,29-30,32-41,47,50,53H2,1-7H3,(H,83,108)(H,84,109)(H,86,114)(H,87,115)(H,90,117)(H,91,116)(H,92,110)(H,93,112)(H,96,111)(H,88,89,97,113)/t65-/m1/s1. The zero-order chi connectivity index (χ0) is 87.0. The summed E-state index contributed by atoms with van der Waals surface area (Å²) in [5, 5.41) is 37.2. The van der Waals surface area contributed by atoms with Crippen molar-refractivity contribution in [1.82, 2.24) is 73.9 Å².